The lowest BCUT2D eigenvalue weighted by Gasteiger charge is -2.14. The van der Waals surface area contributed by atoms with Crippen LogP contribution in [0, 0.1) is 0 Å². The molecule has 2 N–H and O–H groups in total. The van der Waals surface area contributed by atoms with Gasteiger partial charge in [-0.2, -0.15) is 13.2 Å². The Morgan fingerprint density at radius 2 is 1.02 bits per heavy atom. The van der Waals surface area contributed by atoms with Crippen LogP contribution >= 0.6 is 11.8 Å². The van der Waals surface area contributed by atoms with E-state index in [0.29, 0.717) is 0 Å². The molecule has 6 aromatic carbocycles. The average molecular weight is 574 g/mol. The van der Waals surface area contributed by atoms with E-state index in [9.17, 15) is 13.2 Å². The molecule has 6 aromatic rings. The second-order valence-electron chi connectivity index (χ2n) is 10.00. The molecule has 0 aliphatic heterocycles. The Morgan fingerprint density at radius 1 is 0.548 bits per heavy atom. The Kier molecular flexibility index (Phi) is 7.36. The number of hydrogen-bond acceptors (Lipinski definition) is 2. The van der Waals surface area contributed by atoms with Gasteiger partial charge in [0.05, 0.1) is 5.56 Å². The van der Waals surface area contributed by atoms with Gasteiger partial charge in [0.25, 0.3) is 0 Å². The summed E-state index contributed by atoms with van der Waals surface area (Å²) in [5.41, 5.74) is 13.3. The van der Waals surface area contributed by atoms with Gasteiger partial charge in [0.2, 0.25) is 0 Å². The topological polar surface area (TPSA) is 26.0 Å². The molecule has 0 saturated carbocycles. The Labute approximate surface area is 247 Å². The molecule has 0 unspecified atom stereocenters. The van der Waals surface area contributed by atoms with Gasteiger partial charge in [-0.1, -0.05) is 128 Å². The van der Waals surface area contributed by atoms with E-state index in [0.717, 1.165) is 77.3 Å². The van der Waals surface area contributed by atoms with Gasteiger partial charge in [-0.05, 0) is 74.0 Å². The monoisotopic (exact) mass is 573 g/mol. The number of thioether (sulfide) groups is 1. The van der Waals surface area contributed by atoms with Crippen molar-refractivity contribution >= 4 is 33.1 Å². The van der Waals surface area contributed by atoms with Crippen LogP contribution in [-0.4, -0.2) is 0 Å². The fourth-order valence-corrected chi connectivity index (χ4v) is 5.99. The smallest absolute Gasteiger partial charge is 0.398 e. The quantitative estimate of drug-likeness (QED) is 0.158. The molecule has 0 aromatic heterocycles. The Bertz CT molecular complexity index is 1890. The molecule has 0 saturated heterocycles. The van der Waals surface area contributed by atoms with Crippen molar-refractivity contribution in [3.05, 3.63) is 151 Å². The fraction of sp³-hybridized carbons (Fsp3) is 0.0270. The summed E-state index contributed by atoms with van der Waals surface area (Å²) < 4.78 is 38.7. The number of fused-ring (bicyclic) bond motifs is 1. The van der Waals surface area contributed by atoms with Gasteiger partial charge in [0, 0.05) is 15.5 Å². The molecule has 0 aliphatic carbocycles. The summed E-state index contributed by atoms with van der Waals surface area (Å²) in [6.45, 7) is 4.36. The summed E-state index contributed by atoms with van der Waals surface area (Å²) in [5.74, 6) is 0. The molecule has 0 aliphatic rings. The Morgan fingerprint density at radius 3 is 1.57 bits per heavy atom. The van der Waals surface area contributed by atoms with Crippen molar-refractivity contribution < 1.29 is 13.2 Å². The third-order valence-corrected chi connectivity index (χ3v) is 8.39. The van der Waals surface area contributed by atoms with Crippen LogP contribution in [0.3, 0.4) is 0 Å². The molecule has 0 atom stereocenters. The van der Waals surface area contributed by atoms with Crippen molar-refractivity contribution in [2.45, 2.75) is 11.1 Å². The zero-order valence-electron chi connectivity index (χ0n) is 22.5. The first-order valence-corrected chi connectivity index (χ1v) is 14.2. The minimum absolute atomic E-state index is 0.647. The maximum Gasteiger partial charge on any atom is 0.416 e. The molecule has 0 amide bonds. The second kappa shape index (κ2) is 11.3. The van der Waals surface area contributed by atoms with Crippen LogP contribution in [0.15, 0.2) is 145 Å². The molecule has 42 heavy (non-hydrogen) atoms. The van der Waals surface area contributed by atoms with Crippen LogP contribution in [0.5, 0.6) is 0 Å². The molecular weight excluding hydrogens is 547 g/mol. The maximum atomic E-state index is 12.9. The normalized spacial score (nSPS) is 11.5. The number of nitrogen functional groups attached to an aromatic ring is 1. The summed E-state index contributed by atoms with van der Waals surface area (Å²) in [5, 5.41) is 2.27. The van der Waals surface area contributed by atoms with Crippen molar-refractivity contribution in [3.63, 3.8) is 0 Å². The van der Waals surface area contributed by atoms with E-state index >= 15 is 0 Å². The van der Waals surface area contributed by atoms with Crippen LogP contribution in [-0.2, 0) is 6.18 Å². The minimum Gasteiger partial charge on any atom is -0.398 e. The van der Waals surface area contributed by atoms with E-state index in [1.54, 1.807) is 11.8 Å². The zero-order chi connectivity index (χ0) is 29.3. The SMILES string of the molecule is C=C(Sc1ccccc1N)c1ccc(-c2ccc(-c3ccc(-c4ccc(C(F)(F)F)cc4)cc3)cc2)c2ccccc12. The average Bonchev–Trinajstić information content (AvgIpc) is 3.01. The molecule has 206 valence electrons. The minimum atomic E-state index is -4.34. The first kappa shape index (κ1) is 27.4. The lowest BCUT2D eigenvalue weighted by Crippen LogP contribution is -2.03. The zero-order valence-corrected chi connectivity index (χ0v) is 23.3. The number of para-hydroxylation sites is 1. The lowest BCUT2D eigenvalue weighted by atomic mass is 9.93. The van der Waals surface area contributed by atoms with Gasteiger partial charge in [-0.3, -0.25) is 0 Å². The molecular formula is C37H26F3NS. The van der Waals surface area contributed by atoms with Crippen molar-refractivity contribution in [1.82, 2.24) is 0 Å². The molecule has 0 fully saturated rings. The van der Waals surface area contributed by atoms with Crippen molar-refractivity contribution in [2.75, 3.05) is 5.73 Å². The number of rotatable bonds is 6. The predicted molar refractivity (Wildman–Crippen MR) is 171 cm³/mol. The lowest BCUT2D eigenvalue weighted by molar-refractivity contribution is -0.137. The first-order chi connectivity index (χ1) is 20.3. The fourth-order valence-electron chi connectivity index (χ4n) is 5.10. The highest BCUT2D eigenvalue weighted by atomic mass is 32.2. The molecule has 0 radical (unpaired) electrons. The summed E-state index contributed by atoms with van der Waals surface area (Å²) in [6.07, 6.45) is -4.34. The van der Waals surface area contributed by atoms with Gasteiger partial charge in [0.15, 0.2) is 0 Å². The van der Waals surface area contributed by atoms with Crippen molar-refractivity contribution in [3.8, 4) is 33.4 Å². The number of hydrogen-bond donors (Lipinski definition) is 1. The van der Waals surface area contributed by atoms with Crippen LogP contribution in [0.4, 0.5) is 18.9 Å². The Balaban J connectivity index is 1.25. The highest BCUT2D eigenvalue weighted by molar-refractivity contribution is 8.08. The summed E-state index contributed by atoms with van der Waals surface area (Å²) in [4.78, 5) is 1.92. The standard InChI is InChI=1S/C37H26F3NS/c1-24(42-36-9-5-4-8-35(36)41)31-22-23-32(34-7-3-2-6-33(31)34)29-16-14-27(15-17-29)25-10-12-26(13-11-25)28-18-20-30(21-19-28)37(38,39)40/h2-23H,1,41H2. The number of alkyl halides is 3. The molecule has 5 heteroatoms. The predicted octanol–water partition coefficient (Wildman–Crippen LogP) is 11.2. The third-order valence-electron chi connectivity index (χ3n) is 7.34. The first-order valence-electron chi connectivity index (χ1n) is 13.4. The summed E-state index contributed by atoms with van der Waals surface area (Å²) >= 11 is 1.58. The van der Waals surface area contributed by atoms with Crippen LogP contribution in [0.1, 0.15) is 11.1 Å². The van der Waals surface area contributed by atoms with E-state index in [1.807, 2.05) is 60.7 Å². The Hall–Kier alpha value is -4.74. The molecule has 1 nitrogen and oxygen atoms in total. The summed E-state index contributed by atoms with van der Waals surface area (Å²) in [7, 11) is 0. The second-order valence-corrected chi connectivity index (χ2v) is 11.1. The van der Waals surface area contributed by atoms with E-state index in [4.69, 9.17) is 5.73 Å². The number of benzene rings is 6. The van der Waals surface area contributed by atoms with Gasteiger partial charge in [-0.25, -0.2) is 0 Å². The van der Waals surface area contributed by atoms with E-state index in [1.165, 1.54) is 12.1 Å². The third kappa shape index (κ3) is 5.56. The highest BCUT2D eigenvalue weighted by Gasteiger charge is 2.30. The summed E-state index contributed by atoms with van der Waals surface area (Å²) in [6, 6.07) is 42.0. The van der Waals surface area contributed by atoms with Gasteiger partial charge < -0.3 is 5.73 Å². The van der Waals surface area contributed by atoms with E-state index < -0.39 is 11.7 Å². The van der Waals surface area contributed by atoms with Crippen molar-refractivity contribution in [2.24, 2.45) is 0 Å². The van der Waals surface area contributed by atoms with Crippen LogP contribution in [0.25, 0.3) is 49.1 Å². The molecule has 6 rings (SSSR count). The molecule has 0 heterocycles. The van der Waals surface area contributed by atoms with E-state index in [-0.39, 0.29) is 0 Å². The molecule has 0 bridgehead atoms. The van der Waals surface area contributed by atoms with Gasteiger partial charge in [-0.15, -0.1) is 0 Å². The largest absolute Gasteiger partial charge is 0.416 e. The molecule has 0 spiro atoms. The number of anilines is 1. The van der Waals surface area contributed by atoms with Crippen LogP contribution < -0.4 is 5.73 Å². The van der Waals surface area contributed by atoms with Crippen LogP contribution in [0.2, 0.25) is 0 Å². The highest BCUT2D eigenvalue weighted by Crippen LogP contribution is 2.41. The number of halogens is 3. The van der Waals surface area contributed by atoms with Crippen molar-refractivity contribution in [1.29, 1.82) is 0 Å². The number of nitrogens with two attached hydrogens (primary N) is 1. The maximum absolute atomic E-state index is 12.9. The van der Waals surface area contributed by atoms with E-state index in [2.05, 4.69) is 55.1 Å². The van der Waals surface area contributed by atoms with Gasteiger partial charge in [0.1, 0.15) is 0 Å². The van der Waals surface area contributed by atoms with Gasteiger partial charge >= 0.3 is 6.18 Å².